The average Bonchev–Trinajstić information content (AvgIpc) is 2.66. The molecule has 114 valence electrons. The molecule has 0 atom stereocenters. The van der Waals surface area contributed by atoms with Gasteiger partial charge in [0.05, 0.1) is 20.6 Å². The standard InChI is InChI=1S/C12H10Cl3NO3S2/c1-6-7(2)20-11(16-6)5-19-12-9(13)3-8(4-10(12)14)21(15,17)18/h3-4H,5H2,1-2H3. The molecule has 0 aliphatic rings. The number of halogens is 3. The molecule has 0 saturated heterocycles. The maximum absolute atomic E-state index is 11.3. The SMILES string of the molecule is Cc1nc(COc2c(Cl)cc(S(=O)(=O)Cl)cc2Cl)sc1C. The van der Waals surface area contributed by atoms with E-state index in [0.29, 0.717) is 0 Å². The van der Waals surface area contributed by atoms with Gasteiger partial charge in [0.25, 0.3) is 9.05 Å². The maximum Gasteiger partial charge on any atom is 0.261 e. The lowest BCUT2D eigenvalue weighted by Crippen LogP contribution is -1.98. The molecule has 0 aliphatic carbocycles. The van der Waals surface area contributed by atoms with Gasteiger partial charge in [-0.25, -0.2) is 13.4 Å². The Morgan fingerprint density at radius 2 is 1.81 bits per heavy atom. The molecular weight excluding hydrogens is 377 g/mol. The topological polar surface area (TPSA) is 56.3 Å². The molecule has 0 amide bonds. The van der Waals surface area contributed by atoms with E-state index in [1.54, 1.807) is 0 Å². The van der Waals surface area contributed by atoms with Crippen molar-refractivity contribution in [2.45, 2.75) is 25.3 Å². The first-order valence-corrected chi connectivity index (χ1v) is 9.56. The van der Waals surface area contributed by atoms with Crippen LogP contribution < -0.4 is 4.74 Å². The maximum atomic E-state index is 11.3. The molecule has 0 fully saturated rings. The van der Waals surface area contributed by atoms with Crippen LogP contribution in [0.4, 0.5) is 0 Å². The molecule has 2 aromatic rings. The van der Waals surface area contributed by atoms with Gasteiger partial charge in [0, 0.05) is 15.6 Å². The Labute approximate surface area is 141 Å². The highest BCUT2D eigenvalue weighted by Gasteiger charge is 2.17. The zero-order chi connectivity index (χ0) is 15.8. The molecule has 9 heteroatoms. The van der Waals surface area contributed by atoms with Gasteiger partial charge >= 0.3 is 0 Å². The monoisotopic (exact) mass is 385 g/mol. The summed E-state index contributed by atoms with van der Waals surface area (Å²) in [6.45, 7) is 4.08. The number of thiazole rings is 1. The Hall–Kier alpha value is -0.530. The van der Waals surface area contributed by atoms with Gasteiger partial charge in [-0.15, -0.1) is 11.3 Å². The van der Waals surface area contributed by atoms with Gasteiger partial charge in [0.1, 0.15) is 11.6 Å². The third kappa shape index (κ3) is 4.02. The largest absolute Gasteiger partial charge is 0.483 e. The summed E-state index contributed by atoms with van der Waals surface area (Å²) in [6, 6.07) is 2.40. The second kappa shape index (κ2) is 6.30. The number of benzene rings is 1. The molecule has 0 saturated carbocycles. The fraction of sp³-hybridized carbons (Fsp3) is 0.250. The Bertz CT molecular complexity index is 745. The summed E-state index contributed by atoms with van der Waals surface area (Å²) >= 11 is 13.5. The van der Waals surface area contributed by atoms with Crippen molar-refractivity contribution in [3.8, 4) is 5.75 Å². The van der Waals surface area contributed by atoms with Gasteiger partial charge in [0.2, 0.25) is 0 Å². The highest BCUT2D eigenvalue weighted by atomic mass is 35.7. The molecule has 0 unspecified atom stereocenters. The lowest BCUT2D eigenvalue weighted by molar-refractivity contribution is 0.305. The summed E-state index contributed by atoms with van der Waals surface area (Å²) in [7, 11) is 1.36. The normalized spacial score (nSPS) is 11.7. The number of aryl methyl sites for hydroxylation is 2. The van der Waals surface area contributed by atoms with E-state index in [9.17, 15) is 8.42 Å². The summed E-state index contributed by atoms with van der Waals surface area (Å²) in [6.07, 6.45) is 0. The Morgan fingerprint density at radius 3 is 2.24 bits per heavy atom. The number of aromatic nitrogens is 1. The second-order valence-corrected chi connectivity index (χ2v) is 8.86. The minimum atomic E-state index is -3.90. The molecule has 21 heavy (non-hydrogen) atoms. The average molecular weight is 387 g/mol. The summed E-state index contributed by atoms with van der Waals surface area (Å²) in [5.41, 5.74) is 0.944. The quantitative estimate of drug-likeness (QED) is 0.722. The van der Waals surface area contributed by atoms with E-state index in [-0.39, 0.29) is 27.3 Å². The molecule has 0 N–H and O–H groups in total. The molecule has 0 bridgehead atoms. The van der Waals surface area contributed by atoms with E-state index in [1.165, 1.54) is 23.5 Å². The van der Waals surface area contributed by atoms with Crippen LogP contribution in [0.5, 0.6) is 5.75 Å². The zero-order valence-electron chi connectivity index (χ0n) is 11.0. The van der Waals surface area contributed by atoms with Gasteiger partial charge in [-0.3, -0.25) is 0 Å². The first-order chi connectivity index (χ1) is 9.68. The molecule has 0 aliphatic heterocycles. The van der Waals surface area contributed by atoms with E-state index < -0.39 is 9.05 Å². The highest BCUT2D eigenvalue weighted by molar-refractivity contribution is 8.13. The zero-order valence-corrected chi connectivity index (χ0v) is 14.9. The van der Waals surface area contributed by atoms with Gasteiger partial charge in [-0.1, -0.05) is 23.2 Å². The van der Waals surface area contributed by atoms with Crippen molar-refractivity contribution < 1.29 is 13.2 Å². The summed E-state index contributed by atoms with van der Waals surface area (Å²) in [4.78, 5) is 5.26. The van der Waals surface area contributed by atoms with Crippen LogP contribution in [0.25, 0.3) is 0 Å². The van der Waals surface area contributed by atoms with Crippen molar-refractivity contribution in [2.75, 3.05) is 0 Å². The van der Waals surface area contributed by atoms with E-state index in [0.717, 1.165) is 15.6 Å². The summed E-state index contributed by atoms with van der Waals surface area (Å²) < 4.78 is 28.1. The summed E-state index contributed by atoms with van der Waals surface area (Å²) in [5.74, 6) is 0.202. The van der Waals surface area contributed by atoms with Crippen molar-refractivity contribution >= 4 is 54.3 Å². The Morgan fingerprint density at radius 1 is 1.24 bits per heavy atom. The van der Waals surface area contributed by atoms with Crippen LogP contribution in [0.2, 0.25) is 10.0 Å². The molecule has 1 aromatic heterocycles. The second-order valence-electron chi connectivity index (χ2n) is 4.19. The van der Waals surface area contributed by atoms with Gasteiger partial charge < -0.3 is 4.74 Å². The first kappa shape index (κ1) is 16.8. The Balaban J connectivity index is 2.25. The third-order valence-electron chi connectivity index (χ3n) is 2.67. The molecular formula is C12H10Cl3NO3S2. The van der Waals surface area contributed by atoms with Gasteiger partial charge in [0.15, 0.2) is 5.75 Å². The van der Waals surface area contributed by atoms with Crippen LogP contribution in [-0.4, -0.2) is 13.4 Å². The Kier molecular flexibility index (Phi) is 5.05. The summed E-state index contributed by atoms with van der Waals surface area (Å²) in [5, 5.41) is 0.935. The lowest BCUT2D eigenvalue weighted by atomic mass is 10.3. The number of rotatable bonds is 4. The third-order valence-corrected chi connectivity index (χ3v) is 5.61. The van der Waals surface area contributed by atoms with Crippen molar-refractivity contribution in [1.82, 2.24) is 4.98 Å². The highest BCUT2D eigenvalue weighted by Crippen LogP contribution is 2.37. The first-order valence-electron chi connectivity index (χ1n) is 5.68. The lowest BCUT2D eigenvalue weighted by Gasteiger charge is -2.09. The molecule has 1 aromatic carbocycles. The van der Waals surface area contributed by atoms with E-state index in [4.69, 9.17) is 38.6 Å². The predicted octanol–water partition coefficient (Wildman–Crippen LogP) is 4.57. The minimum Gasteiger partial charge on any atom is -0.483 e. The van der Waals surface area contributed by atoms with Crippen molar-refractivity contribution in [1.29, 1.82) is 0 Å². The number of ether oxygens (including phenoxy) is 1. The van der Waals surface area contributed by atoms with Crippen LogP contribution in [-0.2, 0) is 15.7 Å². The van der Waals surface area contributed by atoms with Crippen LogP contribution in [0.15, 0.2) is 17.0 Å². The molecule has 1 heterocycles. The smallest absolute Gasteiger partial charge is 0.261 e. The number of hydrogen-bond acceptors (Lipinski definition) is 5. The van der Waals surface area contributed by atoms with E-state index >= 15 is 0 Å². The molecule has 4 nitrogen and oxygen atoms in total. The minimum absolute atomic E-state index is 0.0757. The number of hydrogen-bond donors (Lipinski definition) is 0. The van der Waals surface area contributed by atoms with Crippen LogP contribution in [0.1, 0.15) is 15.6 Å². The van der Waals surface area contributed by atoms with E-state index in [2.05, 4.69) is 4.98 Å². The molecule has 2 rings (SSSR count). The van der Waals surface area contributed by atoms with Crippen molar-refractivity contribution in [2.24, 2.45) is 0 Å². The van der Waals surface area contributed by atoms with Gasteiger partial charge in [-0.2, -0.15) is 0 Å². The van der Waals surface area contributed by atoms with E-state index in [1.807, 2.05) is 13.8 Å². The molecule has 0 radical (unpaired) electrons. The fourth-order valence-electron chi connectivity index (χ4n) is 1.55. The van der Waals surface area contributed by atoms with Crippen LogP contribution in [0.3, 0.4) is 0 Å². The predicted molar refractivity (Wildman–Crippen MR) is 85.4 cm³/mol. The van der Waals surface area contributed by atoms with Crippen LogP contribution >= 0.6 is 45.2 Å². The molecule has 0 spiro atoms. The number of nitrogens with zero attached hydrogens (tertiary/aromatic N) is 1. The van der Waals surface area contributed by atoms with Gasteiger partial charge in [-0.05, 0) is 26.0 Å². The fourth-order valence-corrected chi connectivity index (χ4v) is 3.91. The van der Waals surface area contributed by atoms with Crippen molar-refractivity contribution in [3.63, 3.8) is 0 Å². The van der Waals surface area contributed by atoms with Crippen molar-refractivity contribution in [3.05, 3.63) is 37.8 Å². The van der Waals surface area contributed by atoms with Crippen LogP contribution in [0, 0.1) is 13.8 Å².